The molecule has 1 fully saturated rings. The highest BCUT2D eigenvalue weighted by Crippen LogP contribution is 2.41. The van der Waals surface area contributed by atoms with Crippen LogP contribution in [0.25, 0.3) is 0 Å². The van der Waals surface area contributed by atoms with Gasteiger partial charge in [-0.3, -0.25) is 0 Å². The topological polar surface area (TPSA) is 73.8 Å². The van der Waals surface area contributed by atoms with Gasteiger partial charge < -0.3 is 9.87 Å². The van der Waals surface area contributed by atoms with E-state index in [4.69, 9.17) is 0 Å². The van der Waals surface area contributed by atoms with Gasteiger partial charge >= 0.3 is 0 Å². The average Bonchev–Trinajstić information content (AvgIpc) is 2.79. The van der Waals surface area contributed by atoms with Gasteiger partial charge in [0.15, 0.2) is 0 Å². The van der Waals surface area contributed by atoms with Crippen LogP contribution in [0.2, 0.25) is 0 Å². The molecule has 0 spiro atoms. The molecule has 2 aromatic rings. The Morgan fingerprint density at radius 3 is 1.96 bits per heavy atom. The van der Waals surface area contributed by atoms with Gasteiger partial charge in [-0.15, -0.1) is 0 Å². The van der Waals surface area contributed by atoms with Crippen LogP contribution in [0, 0.1) is 6.92 Å². The van der Waals surface area contributed by atoms with E-state index in [1.807, 2.05) is 6.92 Å². The number of hydrogen-bond acceptors (Lipinski definition) is 3. The molecule has 0 unspecified atom stereocenters. The largest absolute Gasteiger partial charge is 0.744 e. The molecule has 1 aliphatic heterocycles. The van der Waals surface area contributed by atoms with Gasteiger partial charge in [-0.2, -0.15) is 0 Å². The Morgan fingerprint density at radius 1 is 0.957 bits per heavy atom. The van der Waals surface area contributed by atoms with E-state index >= 15 is 0 Å². The normalized spacial score (nSPS) is 22.0. The summed E-state index contributed by atoms with van der Waals surface area (Å²) in [6.45, 7) is 4.45. The van der Waals surface area contributed by atoms with Crippen molar-refractivity contribution in [3.05, 3.63) is 65.2 Å². The molecule has 0 aromatic heterocycles. The van der Waals surface area contributed by atoms with E-state index in [1.165, 1.54) is 31.6 Å². The lowest BCUT2D eigenvalue weighted by molar-refractivity contribution is -0.665. The number of nitrogens with two attached hydrogens (primary N) is 1. The Hall–Kier alpha value is -1.69. The molecule has 1 heterocycles. The highest BCUT2D eigenvalue weighted by molar-refractivity contribution is 7.85. The van der Waals surface area contributed by atoms with Gasteiger partial charge in [0.1, 0.15) is 10.1 Å². The van der Waals surface area contributed by atoms with Crippen molar-refractivity contribution < 1.29 is 18.3 Å². The first kappa shape index (κ1) is 16.2. The van der Waals surface area contributed by atoms with Crippen LogP contribution in [0.5, 0.6) is 0 Å². The maximum atomic E-state index is 10.4. The standard InChI is InChI=1S/C11H13N.C7H8O3S/c1-2-4-11-9-5-8(6-12-7-9)10(11)3-1;1-6-2-4-7(5-3-6)11(8,9)10/h1-4,8-9,12H,5-7H2;2-5H,1H3,(H,8,9,10)/t8-,9+;. The summed E-state index contributed by atoms with van der Waals surface area (Å²) in [6.07, 6.45) is 1.41. The third kappa shape index (κ3) is 3.63. The maximum absolute atomic E-state index is 10.4. The molecule has 2 bridgehead atoms. The van der Waals surface area contributed by atoms with Gasteiger partial charge in [-0.1, -0.05) is 42.0 Å². The van der Waals surface area contributed by atoms with Gasteiger partial charge in [0.05, 0.1) is 18.0 Å². The SMILES string of the molecule is Cc1ccc(S(=O)(=O)[O-])cc1.c1ccc2c(c1)[C@@H]1C[NH2+]C[C@H]2C1. The minimum Gasteiger partial charge on any atom is -0.744 e. The Kier molecular flexibility index (Phi) is 4.53. The zero-order valence-corrected chi connectivity index (χ0v) is 13.9. The van der Waals surface area contributed by atoms with Crippen molar-refractivity contribution in [3.63, 3.8) is 0 Å². The maximum Gasteiger partial charge on any atom is 0.124 e. The number of piperidine rings is 1. The van der Waals surface area contributed by atoms with E-state index in [0.717, 1.165) is 17.4 Å². The van der Waals surface area contributed by atoms with Crippen LogP contribution in [0.1, 0.15) is 34.9 Å². The minimum absolute atomic E-state index is 0.178. The van der Waals surface area contributed by atoms with E-state index in [9.17, 15) is 13.0 Å². The third-order valence-corrected chi connectivity index (χ3v) is 5.51. The van der Waals surface area contributed by atoms with E-state index < -0.39 is 10.1 Å². The smallest absolute Gasteiger partial charge is 0.124 e. The first-order chi connectivity index (χ1) is 10.9. The Bertz CT molecular complexity index is 755. The molecule has 2 aliphatic rings. The molecule has 5 heteroatoms. The van der Waals surface area contributed by atoms with Gasteiger partial charge in [0, 0.05) is 11.8 Å². The fourth-order valence-corrected chi connectivity index (χ4v) is 3.97. The quantitative estimate of drug-likeness (QED) is 0.809. The van der Waals surface area contributed by atoms with E-state index in [2.05, 4.69) is 29.6 Å². The summed E-state index contributed by atoms with van der Waals surface area (Å²) in [6, 6.07) is 14.8. The van der Waals surface area contributed by atoms with Crippen molar-refractivity contribution in [1.82, 2.24) is 0 Å². The fourth-order valence-electron chi connectivity index (χ4n) is 3.50. The lowest BCUT2D eigenvalue weighted by Gasteiger charge is -2.16. The van der Waals surface area contributed by atoms with Gasteiger partial charge in [-0.05, 0) is 36.6 Å². The van der Waals surface area contributed by atoms with Crippen LogP contribution in [-0.2, 0) is 10.1 Å². The minimum atomic E-state index is -4.27. The lowest BCUT2D eigenvalue weighted by Crippen LogP contribution is -2.87. The van der Waals surface area contributed by atoms with Gasteiger partial charge in [0.2, 0.25) is 0 Å². The molecule has 1 aliphatic carbocycles. The highest BCUT2D eigenvalue weighted by atomic mass is 32.2. The summed E-state index contributed by atoms with van der Waals surface area (Å²) in [4.78, 5) is -0.178. The molecular weight excluding hydrogens is 310 g/mol. The average molecular weight is 331 g/mol. The second-order valence-corrected chi connectivity index (χ2v) is 7.67. The monoisotopic (exact) mass is 331 g/mol. The Labute approximate surface area is 137 Å². The predicted octanol–water partition coefficient (Wildman–Crippen LogP) is 1.73. The molecular formula is C18H21NO3S. The summed E-state index contributed by atoms with van der Waals surface area (Å²) < 4.78 is 31.2. The molecule has 1 saturated heterocycles. The van der Waals surface area contributed by atoms with E-state index in [0.29, 0.717) is 0 Å². The van der Waals surface area contributed by atoms with Crippen LogP contribution in [-0.4, -0.2) is 26.1 Å². The first-order valence-corrected chi connectivity index (χ1v) is 9.29. The van der Waals surface area contributed by atoms with E-state index in [1.54, 1.807) is 23.3 Å². The molecule has 2 atom stereocenters. The molecule has 122 valence electrons. The second-order valence-electron chi connectivity index (χ2n) is 6.29. The number of benzene rings is 2. The molecule has 2 aromatic carbocycles. The summed E-state index contributed by atoms with van der Waals surface area (Å²) in [5.41, 5.74) is 4.20. The predicted molar refractivity (Wildman–Crippen MR) is 87.3 cm³/mol. The Morgan fingerprint density at radius 2 is 1.48 bits per heavy atom. The highest BCUT2D eigenvalue weighted by Gasteiger charge is 2.35. The molecule has 4 nitrogen and oxygen atoms in total. The molecule has 0 radical (unpaired) electrons. The summed E-state index contributed by atoms with van der Waals surface area (Å²) in [5, 5.41) is 2.47. The second kappa shape index (κ2) is 6.43. The summed E-state index contributed by atoms with van der Waals surface area (Å²) >= 11 is 0. The van der Waals surface area contributed by atoms with Crippen molar-refractivity contribution >= 4 is 10.1 Å². The summed E-state index contributed by atoms with van der Waals surface area (Å²) in [5.74, 6) is 1.72. The zero-order valence-electron chi connectivity index (χ0n) is 13.1. The number of rotatable bonds is 1. The van der Waals surface area contributed by atoms with Crippen LogP contribution in [0.15, 0.2) is 53.4 Å². The van der Waals surface area contributed by atoms with Crippen LogP contribution in [0.4, 0.5) is 0 Å². The van der Waals surface area contributed by atoms with Gasteiger partial charge in [0.25, 0.3) is 0 Å². The zero-order chi connectivity index (χ0) is 16.4. The Balaban J connectivity index is 0.000000137. The van der Waals surface area contributed by atoms with Crippen LogP contribution >= 0.6 is 0 Å². The van der Waals surface area contributed by atoms with Crippen LogP contribution < -0.4 is 5.32 Å². The van der Waals surface area contributed by atoms with Crippen molar-refractivity contribution in [1.29, 1.82) is 0 Å². The third-order valence-electron chi connectivity index (χ3n) is 4.66. The van der Waals surface area contributed by atoms with Crippen molar-refractivity contribution in [2.45, 2.75) is 30.1 Å². The number of quaternary nitrogens is 1. The van der Waals surface area contributed by atoms with Crippen LogP contribution in [0.3, 0.4) is 0 Å². The molecule has 4 rings (SSSR count). The summed E-state index contributed by atoms with van der Waals surface area (Å²) in [7, 11) is -4.27. The van der Waals surface area contributed by atoms with Gasteiger partial charge in [-0.25, -0.2) is 8.42 Å². The lowest BCUT2D eigenvalue weighted by atomic mass is 9.98. The molecule has 0 amide bonds. The fraction of sp³-hybridized carbons (Fsp3) is 0.333. The van der Waals surface area contributed by atoms with Crippen molar-refractivity contribution in [2.24, 2.45) is 0 Å². The first-order valence-electron chi connectivity index (χ1n) is 7.88. The molecule has 0 saturated carbocycles. The van der Waals surface area contributed by atoms with Crippen molar-refractivity contribution in [3.8, 4) is 0 Å². The van der Waals surface area contributed by atoms with E-state index in [-0.39, 0.29) is 4.90 Å². The number of fused-ring (bicyclic) bond motifs is 5. The number of aryl methyl sites for hydroxylation is 1. The molecule has 23 heavy (non-hydrogen) atoms. The number of hydrogen-bond donors (Lipinski definition) is 1. The van der Waals surface area contributed by atoms with Crippen molar-refractivity contribution in [2.75, 3.05) is 13.1 Å². The molecule has 2 N–H and O–H groups in total.